The van der Waals surface area contributed by atoms with Crippen molar-refractivity contribution in [3.63, 3.8) is 0 Å². The van der Waals surface area contributed by atoms with Crippen LogP contribution >= 0.6 is 0 Å². The first-order valence-corrected chi connectivity index (χ1v) is 27.2. The first kappa shape index (κ1) is 78.1. The monoisotopic (exact) mass is 1110 g/mol. The van der Waals surface area contributed by atoms with Gasteiger partial charge in [-0.1, -0.05) is 38.1 Å². The highest BCUT2D eigenvalue weighted by Crippen LogP contribution is 2.03. The first-order chi connectivity index (χ1) is 36.4. The summed E-state index contributed by atoms with van der Waals surface area (Å²) in [7, 11) is 0. The molecule has 2 rings (SSSR count). The number of quaternary nitrogens is 2. The highest BCUT2D eigenvalue weighted by molar-refractivity contribution is 6.11. The fourth-order valence-corrected chi connectivity index (χ4v) is 4.78. The molecule has 0 aliphatic carbocycles. The van der Waals surface area contributed by atoms with E-state index in [4.69, 9.17) is 4.42 Å². The average molecular weight is 1110 g/mol. The van der Waals surface area contributed by atoms with Gasteiger partial charge < -0.3 is 71.8 Å². The van der Waals surface area contributed by atoms with Crippen molar-refractivity contribution in [1.82, 2.24) is 0 Å². The maximum absolute atomic E-state index is 11.6. The normalized spacial score (nSPS) is 14.0. The fraction of sp³-hybridized carbons (Fsp3) is 0.655. The van der Waals surface area contributed by atoms with Crippen molar-refractivity contribution in [2.75, 3.05) is 26.2 Å². The van der Waals surface area contributed by atoms with E-state index in [1.807, 2.05) is 107 Å². The Balaban J connectivity index is -0.000000426. The van der Waals surface area contributed by atoms with Gasteiger partial charge in [0.15, 0.2) is 74.6 Å². The van der Waals surface area contributed by atoms with Gasteiger partial charge in [-0.25, -0.2) is 42.6 Å². The molecule has 0 bridgehead atoms. The number of unbranched alkanes of at least 4 members (excludes halogenated alkanes) is 2. The van der Waals surface area contributed by atoms with Crippen molar-refractivity contribution >= 4 is 55.9 Å². The fourth-order valence-electron chi connectivity index (χ4n) is 4.78. The quantitative estimate of drug-likeness (QED) is 0.0372. The minimum atomic E-state index is -0.123. The maximum atomic E-state index is 11.6. The average Bonchev–Trinajstić information content (AvgIpc) is 3.90. The van der Waals surface area contributed by atoms with E-state index in [1.54, 1.807) is 72.4 Å². The van der Waals surface area contributed by atoms with Gasteiger partial charge in [-0.05, 0) is 129 Å². The molecule has 1 heterocycles. The second-order valence-corrected chi connectivity index (χ2v) is 19.8. The number of hydroxylamine groups is 13. The molecule has 448 valence electrons. The molecule has 2 unspecified atom stereocenters. The molecular formula is C55H101N11O12. The van der Waals surface area contributed by atoms with Crippen LogP contribution in [0.3, 0.4) is 0 Å². The summed E-state index contributed by atoms with van der Waals surface area (Å²) >= 11 is 0. The molecule has 0 aliphatic rings. The van der Waals surface area contributed by atoms with Gasteiger partial charge >= 0.3 is 0 Å². The zero-order chi connectivity index (χ0) is 60.9. The molecule has 2 N–H and O–H groups in total. The number of hydrogen-bond acceptors (Lipinski definition) is 12. The molecule has 23 nitrogen and oxygen atoms in total. The Bertz CT molecular complexity index is 1980. The van der Waals surface area contributed by atoms with Crippen molar-refractivity contribution in [2.45, 2.75) is 212 Å². The molecule has 1 aromatic carbocycles. The van der Waals surface area contributed by atoms with E-state index >= 15 is 0 Å². The molecular weight excluding hydrogens is 1010 g/mol. The third-order valence-electron chi connectivity index (χ3n) is 10.1. The third-order valence-corrected chi connectivity index (χ3v) is 10.1. The number of furan rings is 1. The van der Waals surface area contributed by atoms with E-state index in [2.05, 4.69) is 0 Å². The molecule has 23 heteroatoms. The van der Waals surface area contributed by atoms with Gasteiger partial charge in [0.1, 0.15) is 13.1 Å². The molecule has 0 aliphatic heterocycles. The minimum Gasteiger partial charge on any atom is -0.634 e. The summed E-state index contributed by atoms with van der Waals surface area (Å²) in [5.41, 5.74) is 2.05. The summed E-state index contributed by atoms with van der Waals surface area (Å²) < 4.78 is 12.1. The topological polar surface area (TPSA) is 303 Å². The summed E-state index contributed by atoms with van der Waals surface area (Å²) in [6, 6.07) is 11.1. The van der Waals surface area contributed by atoms with Crippen LogP contribution in [0.2, 0.25) is 0 Å². The largest absolute Gasteiger partial charge is 0.634 e. The molecule has 78 heavy (non-hydrogen) atoms. The Morgan fingerprint density at radius 2 is 0.756 bits per heavy atom. The lowest BCUT2D eigenvalue weighted by atomic mass is 10.1. The predicted octanol–water partition coefficient (Wildman–Crippen LogP) is 6.14. The van der Waals surface area contributed by atoms with Crippen molar-refractivity contribution in [2.24, 2.45) is 0 Å². The third kappa shape index (κ3) is 46.8. The molecule has 0 fully saturated rings. The van der Waals surface area contributed by atoms with Crippen molar-refractivity contribution in [3.8, 4) is 0 Å². The molecule has 0 saturated carbocycles. The van der Waals surface area contributed by atoms with Crippen molar-refractivity contribution in [1.29, 1.82) is 0 Å². The lowest BCUT2D eigenvalue weighted by Gasteiger charge is -2.27. The Hall–Kier alpha value is -6.43. The Kier molecular flexibility index (Phi) is 47.8. The van der Waals surface area contributed by atoms with Gasteiger partial charge in [0, 0.05) is 36.8 Å². The van der Waals surface area contributed by atoms with Crippen LogP contribution in [0.5, 0.6) is 0 Å². The molecule has 0 spiro atoms. The Morgan fingerprint density at radius 3 is 1.01 bits per heavy atom. The number of nitrogens with one attached hydrogen (secondary N) is 2. The molecule has 0 saturated heterocycles. The second kappa shape index (κ2) is 47.8. The van der Waals surface area contributed by atoms with Crippen LogP contribution in [-0.4, -0.2) is 167 Å². The zero-order valence-corrected chi connectivity index (χ0v) is 50.5. The van der Waals surface area contributed by atoms with E-state index in [0.717, 1.165) is 76.4 Å². The van der Waals surface area contributed by atoms with Crippen LogP contribution in [0, 0.1) is 57.3 Å². The molecule has 2 atom stereocenters. The van der Waals surface area contributed by atoms with Gasteiger partial charge in [-0.15, -0.1) is 0 Å². The number of nitrogens with zero attached hydrogens (tertiary/aromatic N) is 9. The molecule has 0 amide bonds. The van der Waals surface area contributed by atoms with Crippen LogP contribution in [-0.2, 0) is 13.1 Å². The number of hydrogen-bond donors (Lipinski definition) is 2. The van der Waals surface area contributed by atoms with Gasteiger partial charge in [0.2, 0.25) is 43.5 Å². The highest BCUT2D eigenvalue weighted by Gasteiger charge is 2.08. The molecule has 2 aromatic rings. The Morgan fingerprint density at radius 1 is 0.436 bits per heavy atom. The van der Waals surface area contributed by atoms with Crippen LogP contribution in [0.25, 0.3) is 0 Å². The van der Waals surface area contributed by atoms with Crippen LogP contribution < -0.4 is 10.1 Å². The smallest absolute Gasteiger partial charge is 0.239 e. The standard InChI is InChI=1S/C14H24N2O2.C11H22N2O2.2C8H16N2O2.C8H11NO2.C6H12N2O2/c1-11(2)15(17)9-13-5-7-14(8-6-13)10-16(18)12(3)4;1-10(2)12(14)8-6-5-7-9-13(15)11(3)4;1-7(2)9(11)5-6-10(12)8(3)4;1-3-5-9(11)7-8-10(12)6-4-2;1-7(2)9(10)6-8-4-3-5-11-8;1-3-7(9)5-6-8(10)4-2/h5-8,11-12,15-16H,9-10H2,1-4H3;8-11H,5-7H2,1-4H3;5-8H,1-4H3;7-8H,3-6H2,1-2H3;3-7H,1-2H3;5-6H,3-4H2,1-2H3/b;12-8-,13-9-;9-5-,10-6-;9-7-,10-8-;9-6-;7-5-,8-6-. The van der Waals surface area contributed by atoms with Crippen LogP contribution in [0.1, 0.15) is 174 Å². The van der Waals surface area contributed by atoms with E-state index in [1.165, 1.54) is 43.5 Å². The zero-order valence-electron chi connectivity index (χ0n) is 50.5. The van der Waals surface area contributed by atoms with E-state index in [9.17, 15) is 57.3 Å². The summed E-state index contributed by atoms with van der Waals surface area (Å²) in [6.07, 6.45) is 17.6. The summed E-state index contributed by atoms with van der Waals surface area (Å²) in [5.74, 6) is 0.591. The maximum Gasteiger partial charge on any atom is 0.239 e. The number of benzene rings is 1. The van der Waals surface area contributed by atoms with Gasteiger partial charge in [0.05, 0.1) is 18.3 Å². The second-order valence-electron chi connectivity index (χ2n) is 19.8. The lowest BCUT2D eigenvalue weighted by Crippen LogP contribution is -3.09. The van der Waals surface area contributed by atoms with Crippen molar-refractivity contribution in [3.05, 3.63) is 117 Å². The highest BCUT2D eigenvalue weighted by atomic mass is 16.5. The van der Waals surface area contributed by atoms with Gasteiger partial charge in [-0.2, -0.15) is 0 Å². The van der Waals surface area contributed by atoms with Crippen LogP contribution in [0.4, 0.5) is 0 Å². The summed E-state index contributed by atoms with van der Waals surface area (Å²) in [5, 5.41) is 121. The van der Waals surface area contributed by atoms with E-state index in [0.29, 0.717) is 54.5 Å². The van der Waals surface area contributed by atoms with E-state index < -0.39 is 0 Å². The van der Waals surface area contributed by atoms with Gasteiger partial charge in [0.25, 0.3) is 0 Å². The SMILES string of the molecule is CC(C)/[N+]([O-])=C/C=[N+](\[O-])C(C)C.CC(C)/[N+]([O-])=C/CCC/C=[N+](\[O-])C(C)C.CC(C)/[N+]([O-])=C/c1ccco1.CC(C)[NH+]([O-])Cc1ccc(C[NH+]([O-])C(C)C)cc1.CC/[N+]([O-])=C/C=[N+](\[O-])CC.CCC/[N+]([O-])=C/C=[N+](\[O-])CCC. The minimum absolute atomic E-state index is 0.000602. The molecule has 0 radical (unpaired) electrons. The number of rotatable bonds is 25. The Labute approximate surface area is 466 Å². The first-order valence-electron chi connectivity index (χ1n) is 27.2. The van der Waals surface area contributed by atoms with E-state index in [-0.39, 0.29) is 52.4 Å². The van der Waals surface area contributed by atoms with Crippen molar-refractivity contribution < 1.29 is 57.2 Å². The predicted molar refractivity (Wildman–Crippen MR) is 319 cm³/mol. The lowest BCUT2D eigenvalue weighted by molar-refractivity contribution is -0.885. The summed E-state index contributed by atoms with van der Waals surface area (Å²) in [4.78, 5) is 0. The van der Waals surface area contributed by atoms with Crippen LogP contribution in [0.15, 0.2) is 47.1 Å². The van der Waals surface area contributed by atoms with Gasteiger partial charge in [-0.3, -0.25) is 0 Å². The molecule has 1 aromatic heterocycles. The summed E-state index contributed by atoms with van der Waals surface area (Å²) in [6.45, 7) is 35.7.